The van der Waals surface area contributed by atoms with Gasteiger partial charge >= 0.3 is 0 Å². The lowest BCUT2D eigenvalue weighted by Crippen LogP contribution is -2.56. The summed E-state index contributed by atoms with van der Waals surface area (Å²) in [6.45, 7) is 5.83. The molecule has 1 aromatic rings. The van der Waals surface area contributed by atoms with Gasteiger partial charge in [0.15, 0.2) is 11.5 Å². The van der Waals surface area contributed by atoms with Crippen LogP contribution >= 0.6 is 0 Å². The van der Waals surface area contributed by atoms with Gasteiger partial charge < -0.3 is 19.5 Å². The van der Waals surface area contributed by atoms with Crippen molar-refractivity contribution in [1.82, 2.24) is 5.32 Å². The number of ether oxygens (including phenoxy) is 3. The highest BCUT2D eigenvalue weighted by molar-refractivity contribution is 5.43. The molecule has 19 heavy (non-hydrogen) atoms. The van der Waals surface area contributed by atoms with Gasteiger partial charge in [0, 0.05) is 11.6 Å². The van der Waals surface area contributed by atoms with Gasteiger partial charge in [0.05, 0.1) is 27.4 Å². The lowest BCUT2D eigenvalue weighted by molar-refractivity contribution is 0.0135. The fraction of sp³-hybridized carbons (Fsp3) is 0.600. The molecule has 1 unspecified atom stereocenters. The summed E-state index contributed by atoms with van der Waals surface area (Å²) in [7, 11) is 3.31. The van der Waals surface area contributed by atoms with Gasteiger partial charge in [-0.25, -0.2) is 0 Å². The molecule has 0 radical (unpaired) electrons. The molecule has 1 heterocycles. The third kappa shape index (κ3) is 3.61. The molecule has 4 nitrogen and oxygen atoms in total. The Balaban J connectivity index is 2.06. The fourth-order valence-corrected chi connectivity index (χ4v) is 2.49. The summed E-state index contributed by atoms with van der Waals surface area (Å²) in [4.78, 5) is 0. The van der Waals surface area contributed by atoms with E-state index in [9.17, 15) is 0 Å². The molecule has 0 aromatic heterocycles. The normalized spacial score (nSPS) is 22.0. The summed E-state index contributed by atoms with van der Waals surface area (Å²) in [5, 5.41) is 3.61. The average Bonchev–Trinajstić information content (AvgIpc) is 2.37. The van der Waals surface area contributed by atoms with Crippen LogP contribution in [0.5, 0.6) is 11.5 Å². The summed E-state index contributed by atoms with van der Waals surface area (Å²) >= 11 is 0. The molecule has 1 aromatic carbocycles. The van der Waals surface area contributed by atoms with Crippen molar-refractivity contribution < 1.29 is 14.2 Å². The highest BCUT2D eigenvalue weighted by Crippen LogP contribution is 2.28. The first kappa shape index (κ1) is 14.2. The first-order valence-corrected chi connectivity index (χ1v) is 6.60. The van der Waals surface area contributed by atoms with E-state index in [4.69, 9.17) is 14.2 Å². The van der Waals surface area contributed by atoms with Crippen LogP contribution in [0.2, 0.25) is 0 Å². The van der Waals surface area contributed by atoms with Crippen LogP contribution in [0.4, 0.5) is 0 Å². The van der Waals surface area contributed by atoms with Crippen LogP contribution in [-0.2, 0) is 11.2 Å². The molecule has 0 aliphatic carbocycles. The Morgan fingerprint density at radius 1 is 1.26 bits per heavy atom. The van der Waals surface area contributed by atoms with E-state index in [1.165, 1.54) is 5.56 Å². The van der Waals surface area contributed by atoms with E-state index >= 15 is 0 Å². The molecule has 1 atom stereocenters. The summed E-state index contributed by atoms with van der Waals surface area (Å²) in [6, 6.07) is 6.39. The van der Waals surface area contributed by atoms with E-state index in [-0.39, 0.29) is 5.54 Å². The van der Waals surface area contributed by atoms with Gasteiger partial charge in [-0.3, -0.25) is 0 Å². The highest BCUT2D eigenvalue weighted by atomic mass is 16.5. The number of methoxy groups -OCH3 is 2. The van der Waals surface area contributed by atoms with E-state index in [1.54, 1.807) is 14.2 Å². The summed E-state index contributed by atoms with van der Waals surface area (Å²) < 4.78 is 16.2. The smallest absolute Gasteiger partial charge is 0.160 e. The molecule has 4 heteroatoms. The van der Waals surface area contributed by atoms with Crippen LogP contribution in [0.15, 0.2) is 18.2 Å². The van der Waals surface area contributed by atoms with Crippen LogP contribution in [0, 0.1) is 0 Å². The topological polar surface area (TPSA) is 39.7 Å². The lowest BCUT2D eigenvalue weighted by atomic mass is 9.99. The Kier molecular flexibility index (Phi) is 4.32. The van der Waals surface area contributed by atoms with Crippen LogP contribution in [0.3, 0.4) is 0 Å². The molecule has 0 amide bonds. The third-order valence-electron chi connectivity index (χ3n) is 3.31. The molecule has 1 aliphatic rings. The Labute approximate surface area is 115 Å². The first-order valence-electron chi connectivity index (χ1n) is 6.60. The minimum absolute atomic E-state index is 0.0411. The maximum atomic E-state index is 5.65. The monoisotopic (exact) mass is 265 g/mol. The summed E-state index contributed by atoms with van der Waals surface area (Å²) in [5.74, 6) is 1.54. The first-order chi connectivity index (χ1) is 9.04. The molecule has 106 valence electrons. The largest absolute Gasteiger partial charge is 0.493 e. The zero-order valence-electron chi connectivity index (χ0n) is 12.2. The molecule has 1 fully saturated rings. The van der Waals surface area contributed by atoms with Crippen LogP contribution < -0.4 is 14.8 Å². The fourth-order valence-electron chi connectivity index (χ4n) is 2.49. The number of rotatable bonds is 4. The molecule has 2 rings (SSSR count). The SMILES string of the molecule is COc1ccc(CC2COCC(C)(C)N2)cc1OC. The van der Waals surface area contributed by atoms with Crippen LogP contribution in [0.25, 0.3) is 0 Å². The Morgan fingerprint density at radius 2 is 2.00 bits per heavy atom. The van der Waals surface area contributed by atoms with Gasteiger partial charge in [0.2, 0.25) is 0 Å². The van der Waals surface area contributed by atoms with Crippen molar-refractivity contribution in [1.29, 1.82) is 0 Å². The predicted molar refractivity (Wildman–Crippen MR) is 75.1 cm³/mol. The van der Waals surface area contributed by atoms with Crippen molar-refractivity contribution in [3.05, 3.63) is 23.8 Å². The van der Waals surface area contributed by atoms with E-state index in [0.29, 0.717) is 6.04 Å². The molecule has 0 bridgehead atoms. The Morgan fingerprint density at radius 3 is 2.63 bits per heavy atom. The molecule has 0 spiro atoms. The third-order valence-corrected chi connectivity index (χ3v) is 3.31. The second-order valence-electron chi connectivity index (χ2n) is 5.63. The Bertz CT molecular complexity index is 431. The zero-order valence-corrected chi connectivity index (χ0v) is 12.2. The number of benzene rings is 1. The maximum Gasteiger partial charge on any atom is 0.160 e. The quantitative estimate of drug-likeness (QED) is 0.904. The number of hydrogen-bond acceptors (Lipinski definition) is 4. The van der Waals surface area contributed by atoms with Crippen molar-refractivity contribution in [2.75, 3.05) is 27.4 Å². The lowest BCUT2D eigenvalue weighted by Gasteiger charge is -2.37. The van der Waals surface area contributed by atoms with Crippen molar-refractivity contribution in [3.8, 4) is 11.5 Å². The minimum atomic E-state index is 0.0411. The number of nitrogens with one attached hydrogen (secondary N) is 1. The van der Waals surface area contributed by atoms with Crippen molar-refractivity contribution in [3.63, 3.8) is 0 Å². The van der Waals surface area contributed by atoms with Gasteiger partial charge in [-0.15, -0.1) is 0 Å². The van der Waals surface area contributed by atoms with Crippen molar-refractivity contribution >= 4 is 0 Å². The zero-order chi connectivity index (χ0) is 13.9. The average molecular weight is 265 g/mol. The highest BCUT2D eigenvalue weighted by Gasteiger charge is 2.27. The van der Waals surface area contributed by atoms with Gasteiger partial charge in [-0.1, -0.05) is 6.07 Å². The van der Waals surface area contributed by atoms with E-state index in [0.717, 1.165) is 31.1 Å². The van der Waals surface area contributed by atoms with Crippen LogP contribution in [0.1, 0.15) is 19.4 Å². The molecular weight excluding hydrogens is 242 g/mol. The number of morpholine rings is 1. The second-order valence-corrected chi connectivity index (χ2v) is 5.63. The van der Waals surface area contributed by atoms with Crippen molar-refractivity contribution in [2.45, 2.75) is 31.8 Å². The molecule has 0 saturated carbocycles. The minimum Gasteiger partial charge on any atom is -0.493 e. The maximum absolute atomic E-state index is 5.65. The van der Waals surface area contributed by atoms with E-state index in [1.807, 2.05) is 12.1 Å². The molecule has 1 aliphatic heterocycles. The molecule has 1 N–H and O–H groups in total. The van der Waals surface area contributed by atoms with Gasteiger partial charge in [0.25, 0.3) is 0 Å². The van der Waals surface area contributed by atoms with Crippen molar-refractivity contribution in [2.24, 2.45) is 0 Å². The second kappa shape index (κ2) is 5.80. The van der Waals surface area contributed by atoms with Crippen LogP contribution in [-0.4, -0.2) is 39.0 Å². The van der Waals surface area contributed by atoms with Gasteiger partial charge in [-0.2, -0.15) is 0 Å². The summed E-state index contributed by atoms with van der Waals surface area (Å²) in [6.07, 6.45) is 0.920. The molecule has 1 saturated heterocycles. The number of hydrogen-bond donors (Lipinski definition) is 1. The Hall–Kier alpha value is -1.26. The molecular formula is C15H23NO3. The van der Waals surface area contributed by atoms with E-state index in [2.05, 4.69) is 25.2 Å². The summed E-state index contributed by atoms with van der Waals surface area (Å²) in [5.41, 5.74) is 1.26. The predicted octanol–water partition coefficient (Wildman–Crippen LogP) is 2.01. The van der Waals surface area contributed by atoms with E-state index < -0.39 is 0 Å². The van der Waals surface area contributed by atoms with Gasteiger partial charge in [-0.05, 0) is 38.0 Å². The van der Waals surface area contributed by atoms with Gasteiger partial charge in [0.1, 0.15) is 0 Å². The standard InChI is InChI=1S/C15H23NO3/c1-15(2)10-19-9-12(16-15)7-11-5-6-13(17-3)14(8-11)18-4/h5-6,8,12,16H,7,9-10H2,1-4H3.